The van der Waals surface area contributed by atoms with Crippen LogP contribution in [0.25, 0.3) is 0 Å². The fraction of sp³-hybridized carbons (Fsp3) is 0.600. The summed E-state index contributed by atoms with van der Waals surface area (Å²) >= 11 is 0. The molecule has 154 valence electrons. The third-order valence-corrected chi connectivity index (χ3v) is 4.52. The van der Waals surface area contributed by atoms with Crippen LogP contribution in [0, 0.1) is 13.8 Å². The predicted molar refractivity (Wildman–Crippen MR) is 109 cm³/mol. The van der Waals surface area contributed by atoms with Gasteiger partial charge in [0.05, 0.1) is 11.4 Å². The summed E-state index contributed by atoms with van der Waals surface area (Å²) in [7, 11) is 0. The van der Waals surface area contributed by atoms with Crippen LogP contribution in [0.3, 0.4) is 0 Å². The molecule has 2 N–H and O–H groups in total. The Labute approximate surface area is 166 Å². The third-order valence-electron chi connectivity index (χ3n) is 4.52. The van der Waals surface area contributed by atoms with E-state index in [4.69, 9.17) is 0 Å². The lowest BCUT2D eigenvalue weighted by Crippen LogP contribution is -2.30. The quantitative estimate of drug-likeness (QED) is 0.645. The van der Waals surface area contributed by atoms with Crippen LogP contribution in [0.2, 0.25) is 0 Å². The van der Waals surface area contributed by atoms with Crippen molar-refractivity contribution >= 4 is 12.1 Å². The number of hydrogen-bond donors (Lipinski definition) is 2. The van der Waals surface area contributed by atoms with Gasteiger partial charge in [-0.2, -0.15) is 0 Å². The molecule has 0 aliphatic rings. The van der Waals surface area contributed by atoms with E-state index < -0.39 is 0 Å². The van der Waals surface area contributed by atoms with Crippen molar-refractivity contribution in [1.82, 2.24) is 29.7 Å². The first-order chi connectivity index (χ1) is 13.5. The zero-order valence-corrected chi connectivity index (χ0v) is 17.4. The van der Waals surface area contributed by atoms with Crippen molar-refractivity contribution in [2.24, 2.45) is 0 Å². The average Bonchev–Trinajstić information content (AvgIpc) is 3.25. The molecular weight excluding hydrogens is 356 g/mol. The van der Waals surface area contributed by atoms with Gasteiger partial charge in [-0.05, 0) is 26.7 Å². The standard InChI is InChI=1S/C20H32N6O2/c1-5-17-23-15(3)13-25(17)19(27)21-11-9-7-8-10-12-22-20(28)26-14-16(4)24-18(26)6-2/h13-14H,5-12H2,1-4H3,(H,21,27)(H,22,28). The number of aromatic nitrogens is 4. The first-order valence-corrected chi connectivity index (χ1v) is 10.1. The van der Waals surface area contributed by atoms with Crippen LogP contribution in [-0.4, -0.2) is 44.3 Å². The van der Waals surface area contributed by atoms with Crippen molar-refractivity contribution in [3.63, 3.8) is 0 Å². The molecule has 2 aromatic heterocycles. The monoisotopic (exact) mass is 388 g/mol. The molecule has 28 heavy (non-hydrogen) atoms. The molecule has 2 aromatic rings. The fourth-order valence-corrected chi connectivity index (χ4v) is 3.11. The summed E-state index contributed by atoms with van der Waals surface area (Å²) in [6, 6.07) is -0.237. The van der Waals surface area contributed by atoms with Gasteiger partial charge in [0.25, 0.3) is 0 Å². The van der Waals surface area contributed by atoms with Gasteiger partial charge in [0.1, 0.15) is 11.6 Å². The number of amides is 2. The number of carbonyl (C=O) groups is 2. The molecule has 0 radical (unpaired) electrons. The van der Waals surface area contributed by atoms with Crippen molar-refractivity contribution in [3.8, 4) is 0 Å². The molecule has 2 amide bonds. The molecular formula is C20H32N6O2. The average molecular weight is 389 g/mol. The lowest BCUT2D eigenvalue weighted by atomic mass is 10.2. The molecule has 8 heteroatoms. The summed E-state index contributed by atoms with van der Waals surface area (Å²) in [6.07, 6.45) is 8.82. The number of unbranched alkanes of at least 4 members (excludes halogenated alkanes) is 3. The molecule has 8 nitrogen and oxygen atoms in total. The number of aryl methyl sites for hydroxylation is 4. The highest BCUT2D eigenvalue weighted by atomic mass is 16.2. The highest BCUT2D eigenvalue weighted by molar-refractivity contribution is 5.77. The van der Waals surface area contributed by atoms with Gasteiger partial charge < -0.3 is 10.6 Å². The van der Waals surface area contributed by atoms with Gasteiger partial charge in [-0.15, -0.1) is 0 Å². The predicted octanol–water partition coefficient (Wildman–Crippen LogP) is 3.20. The second kappa shape index (κ2) is 10.6. The van der Waals surface area contributed by atoms with E-state index in [0.717, 1.165) is 61.6 Å². The first kappa shape index (κ1) is 21.7. The van der Waals surface area contributed by atoms with Gasteiger partial charge in [-0.1, -0.05) is 26.7 Å². The maximum Gasteiger partial charge on any atom is 0.327 e. The van der Waals surface area contributed by atoms with Crippen molar-refractivity contribution in [2.45, 2.75) is 66.2 Å². The number of rotatable bonds is 9. The number of nitrogens with one attached hydrogen (secondary N) is 2. The topological polar surface area (TPSA) is 93.8 Å². The molecule has 0 saturated carbocycles. The summed E-state index contributed by atoms with van der Waals surface area (Å²) in [6.45, 7) is 9.03. The van der Waals surface area contributed by atoms with Gasteiger partial charge >= 0.3 is 12.1 Å². The molecule has 0 aromatic carbocycles. The van der Waals surface area contributed by atoms with E-state index >= 15 is 0 Å². The van der Waals surface area contributed by atoms with Gasteiger partial charge in [-0.25, -0.2) is 19.6 Å². The Morgan fingerprint density at radius 1 is 0.786 bits per heavy atom. The highest BCUT2D eigenvalue weighted by Crippen LogP contribution is 2.05. The normalized spacial score (nSPS) is 10.9. The van der Waals surface area contributed by atoms with Gasteiger partial charge in [-0.3, -0.25) is 9.13 Å². The summed E-state index contributed by atoms with van der Waals surface area (Å²) in [4.78, 5) is 33.1. The lowest BCUT2D eigenvalue weighted by Gasteiger charge is -2.09. The third kappa shape index (κ3) is 5.94. The van der Waals surface area contributed by atoms with Crippen molar-refractivity contribution < 1.29 is 9.59 Å². The summed E-state index contributed by atoms with van der Waals surface area (Å²) in [5, 5.41) is 5.87. The molecule has 0 aliphatic carbocycles. The minimum absolute atomic E-state index is 0.118. The zero-order valence-electron chi connectivity index (χ0n) is 17.4. The molecule has 0 atom stereocenters. The Hall–Kier alpha value is -2.64. The van der Waals surface area contributed by atoms with Gasteiger partial charge in [0, 0.05) is 38.3 Å². The molecule has 2 rings (SSSR count). The maximum absolute atomic E-state index is 12.2. The van der Waals surface area contributed by atoms with E-state index in [0.29, 0.717) is 13.1 Å². The summed E-state index contributed by atoms with van der Waals surface area (Å²) in [5.41, 5.74) is 1.71. The Kier molecular flexibility index (Phi) is 8.22. The number of imidazole rings is 2. The molecule has 0 fully saturated rings. The minimum atomic E-state index is -0.118. The molecule has 0 saturated heterocycles. The van der Waals surface area contributed by atoms with Crippen LogP contribution in [0.15, 0.2) is 12.4 Å². The van der Waals surface area contributed by atoms with E-state index in [9.17, 15) is 9.59 Å². The molecule has 0 unspecified atom stereocenters. The second-order valence-corrected chi connectivity index (χ2v) is 6.92. The van der Waals surface area contributed by atoms with Crippen LogP contribution < -0.4 is 10.6 Å². The lowest BCUT2D eigenvalue weighted by molar-refractivity contribution is 0.240. The SMILES string of the molecule is CCc1nc(C)cn1C(=O)NCCCCCCNC(=O)n1cc(C)nc1CC. The van der Waals surface area contributed by atoms with Crippen LogP contribution in [0.1, 0.15) is 62.6 Å². The van der Waals surface area contributed by atoms with E-state index in [1.54, 1.807) is 21.5 Å². The van der Waals surface area contributed by atoms with E-state index in [-0.39, 0.29) is 12.1 Å². The zero-order chi connectivity index (χ0) is 20.5. The first-order valence-electron chi connectivity index (χ1n) is 10.1. The van der Waals surface area contributed by atoms with Crippen LogP contribution in [-0.2, 0) is 12.8 Å². The number of carbonyl (C=O) groups excluding carboxylic acids is 2. The maximum atomic E-state index is 12.2. The summed E-state index contributed by atoms with van der Waals surface area (Å²) < 4.78 is 3.18. The van der Waals surface area contributed by atoms with Crippen LogP contribution in [0.5, 0.6) is 0 Å². The Morgan fingerprint density at radius 2 is 1.18 bits per heavy atom. The fourth-order valence-electron chi connectivity index (χ4n) is 3.11. The van der Waals surface area contributed by atoms with Gasteiger partial charge in [0.15, 0.2) is 0 Å². The second-order valence-electron chi connectivity index (χ2n) is 6.92. The largest absolute Gasteiger partial charge is 0.337 e. The van der Waals surface area contributed by atoms with Crippen LogP contribution in [0.4, 0.5) is 9.59 Å². The number of nitrogens with zero attached hydrogens (tertiary/aromatic N) is 4. The Bertz CT molecular complexity index is 726. The van der Waals surface area contributed by atoms with Gasteiger partial charge in [0.2, 0.25) is 0 Å². The molecule has 0 aliphatic heterocycles. The van der Waals surface area contributed by atoms with Crippen molar-refractivity contribution in [2.75, 3.05) is 13.1 Å². The molecule has 0 spiro atoms. The smallest absolute Gasteiger partial charge is 0.327 e. The van der Waals surface area contributed by atoms with E-state index in [2.05, 4.69) is 20.6 Å². The molecule has 2 heterocycles. The Balaban J connectivity index is 1.58. The van der Waals surface area contributed by atoms with Crippen LogP contribution >= 0.6 is 0 Å². The van der Waals surface area contributed by atoms with E-state index in [1.807, 2.05) is 27.7 Å². The Morgan fingerprint density at radius 3 is 1.54 bits per heavy atom. The van der Waals surface area contributed by atoms with E-state index in [1.165, 1.54) is 0 Å². The minimum Gasteiger partial charge on any atom is -0.337 e. The summed E-state index contributed by atoms with van der Waals surface area (Å²) in [5.74, 6) is 1.56. The molecule has 0 bridgehead atoms. The highest BCUT2D eigenvalue weighted by Gasteiger charge is 2.11. The van der Waals surface area contributed by atoms with Crippen molar-refractivity contribution in [1.29, 1.82) is 0 Å². The van der Waals surface area contributed by atoms with Crippen molar-refractivity contribution in [3.05, 3.63) is 35.4 Å². The number of hydrogen-bond acceptors (Lipinski definition) is 4.